The number of hydrogen-bond donors (Lipinski definition) is 2. The van der Waals surface area contributed by atoms with Gasteiger partial charge in [-0.05, 0) is 36.6 Å². The summed E-state index contributed by atoms with van der Waals surface area (Å²) in [4.78, 5) is 19.2. The molecule has 0 unspecified atom stereocenters. The van der Waals surface area contributed by atoms with Gasteiger partial charge < -0.3 is 16.0 Å². The normalized spacial score (nSPS) is 15.7. The van der Waals surface area contributed by atoms with Crippen molar-refractivity contribution in [1.29, 1.82) is 0 Å². The zero-order valence-electron chi connectivity index (χ0n) is 11.9. The molecule has 0 atom stereocenters. The van der Waals surface area contributed by atoms with Crippen LogP contribution in [-0.2, 0) is 4.79 Å². The molecule has 5 nitrogen and oxygen atoms in total. The van der Waals surface area contributed by atoms with E-state index in [-0.39, 0.29) is 5.91 Å². The second-order valence-electron chi connectivity index (χ2n) is 5.26. The third-order valence-corrected chi connectivity index (χ3v) is 4.52. The van der Waals surface area contributed by atoms with E-state index in [9.17, 15) is 4.79 Å². The highest BCUT2D eigenvalue weighted by atomic mass is 32.1. The minimum atomic E-state index is 0.0593. The summed E-state index contributed by atoms with van der Waals surface area (Å²) in [5.41, 5.74) is 8.88. The SMILES string of the molecule is Cc1cc(N)cc(-c2cnc(N3CCCNC(=O)C3)s2)c1. The van der Waals surface area contributed by atoms with E-state index in [1.54, 1.807) is 11.3 Å². The van der Waals surface area contributed by atoms with E-state index < -0.39 is 0 Å². The molecule has 1 fully saturated rings. The molecule has 0 saturated carbocycles. The predicted molar refractivity (Wildman–Crippen MR) is 86.5 cm³/mol. The average Bonchev–Trinajstić information content (AvgIpc) is 2.81. The van der Waals surface area contributed by atoms with Crippen molar-refractivity contribution in [3.05, 3.63) is 30.0 Å². The first-order valence-corrected chi connectivity index (χ1v) is 7.78. The number of hydrogen-bond acceptors (Lipinski definition) is 5. The smallest absolute Gasteiger partial charge is 0.239 e. The summed E-state index contributed by atoms with van der Waals surface area (Å²) in [6, 6.07) is 6.01. The number of amides is 1. The van der Waals surface area contributed by atoms with Crippen molar-refractivity contribution >= 4 is 28.1 Å². The molecule has 0 bridgehead atoms. The first-order chi connectivity index (χ1) is 10.1. The molecule has 0 aliphatic carbocycles. The number of nitrogens with two attached hydrogens (primary N) is 1. The zero-order chi connectivity index (χ0) is 14.8. The lowest BCUT2D eigenvalue weighted by Crippen LogP contribution is -2.32. The summed E-state index contributed by atoms with van der Waals surface area (Å²) < 4.78 is 0. The highest BCUT2D eigenvalue weighted by Crippen LogP contribution is 2.32. The van der Waals surface area contributed by atoms with Crippen molar-refractivity contribution < 1.29 is 4.79 Å². The van der Waals surface area contributed by atoms with E-state index in [1.807, 2.05) is 30.2 Å². The highest BCUT2D eigenvalue weighted by molar-refractivity contribution is 7.18. The fourth-order valence-corrected chi connectivity index (χ4v) is 3.40. The summed E-state index contributed by atoms with van der Waals surface area (Å²) in [7, 11) is 0. The van der Waals surface area contributed by atoms with E-state index in [4.69, 9.17) is 5.73 Å². The molecule has 21 heavy (non-hydrogen) atoms. The third-order valence-electron chi connectivity index (χ3n) is 3.41. The second-order valence-corrected chi connectivity index (χ2v) is 6.27. The quantitative estimate of drug-likeness (QED) is 0.833. The predicted octanol–water partition coefficient (Wildman–Crippen LogP) is 2.03. The van der Waals surface area contributed by atoms with Gasteiger partial charge in [0.2, 0.25) is 5.91 Å². The van der Waals surface area contributed by atoms with Crippen LogP contribution in [-0.4, -0.2) is 30.5 Å². The lowest BCUT2D eigenvalue weighted by atomic mass is 10.1. The summed E-state index contributed by atoms with van der Waals surface area (Å²) in [5.74, 6) is 0.0593. The Hall–Kier alpha value is -2.08. The average molecular weight is 302 g/mol. The summed E-state index contributed by atoms with van der Waals surface area (Å²) in [6.45, 7) is 3.99. The number of thiazole rings is 1. The van der Waals surface area contributed by atoms with E-state index in [0.717, 1.165) is 46.3 Å². The van der Waals surface area contributed by atoms with Gasteiger partial charge >= 0.3 is 0 Å². The number of aryl methyl sites for hydroxylation is 1. The number of nitrogens with one attached hydrogen (secondary N) is 1. The van der Waals surface area contributed by atoms with Gasteiger partial charge in [0.1, 0.15) is 0 Å². The van der Waals surface area contributed by atoms with Gasteiger partial charge in [0, 0.05) is 25.0 Å². The fraction of sp³-hybridized carbons (Fsp3) is 0.333. The van der Waals surface area contributed by atoms with Crippen LogP contribution in [0.3, 0.4) is 0 Å². The maximum absolute atomic E-state index is 11.6. The standard InChI is InChI=1S/C15H18N4OS/c1-10-5-11(7-12(16)6-10)13-8-18-15(21-13)19-4-2-3-17-14(20)9-19/h5-8H,2-4,9,16H2,1H3,(H,17,20). The van der Waals surface area contributed by atoms with Gasteiger partial charge in [0.25, 0.3) is 0 Å². The molecular weight excluding hydrogens is 284 g/mol. The van der Waals surface area contributed by atoms with Crippen molar-refractivity contribution in [2.75, 3.05) is 30.3 Å². The monoisotopic (exact) mass is 302 g/mol. The maximum Gasteiger partial charge on any atom is 0.239 e. The number of carbonyl (C=O) groups is 1. The second kappa shape index (κ2) is 5.73. The van der Waals surface area contributed by atoms with Crippen molar-refractivity contribution in [3.63, 3.8) is 0 Å². The van der Waals surface area contributed by atoms with E-state index in [1.165, 1.54) is 0 Å². The first kappa shape index (κ1) is 13.9. The van der Waals surface area contributed by atoms with Crippen LogP contribution in [0.4, 0.5) is 10.8 Å². The van der Waals surface area contributed by atoms with E-state index >= 15 is 0 Å². The molecule has 110 valence electrons. The van der Waals surface area contributed by atoms with Crippen molar-refractivity contribution in [1.82, 2.24) is 10.3 Å². The van der Waals surface area contributed by atoms with Crippen LogP contribution < -0.4 is 16.0 Å². The van der Waals surface area contributed by atoms with Crippen LogP contribution in [0.15, 0.2) is 24.4 Å². The molecule has 3 rings (SSSR count). The Morgan fingerprint density at radius 1 is 1.38 bits per heavy atom. The number of aromatic nitrogens is 1. The molecular formula is C15H18N4OS. The Morgan fingerprint density at radius 2 is 2.24 bits per heavy atom. The number of anilines is 2. The molecule has 3 N–H and O–H groups in total. The topological polar surface area (TPSA) is 71.2 Å². The Balaban J connectivity index is 1.87. The van der Waals surface area contributed by atoms with Crippen LogP contribution in [0.5, 0.6) is 0 Å². The number of nitrogen functional groups attached to an aromatic ring is 1. The Bertz CT molecular complexity index is 647. The van der Waals surface area contributed by atoms with Crippen molar-refractivity contribution in [3.8, 4) is 10.4 Å². The van der Waals surface area contributed by atoms with Crippen LogP contribution >= 0.6 is 11.3 Å². The molecule has 2 heterocycles. The van der Waals surface area contributed by atoms with E-state index in [2.05, 4.69) is 16.4 Å². The van der Waals surface area contributed by atoms with Gasteiger partial charge in [-0.25, -0.2) is 4.98 Å². The van der Waals surface area contributed by atoms with Gasteiger partial charge in [-0.3, -0.25) is 4.79 Å². The van der Waals surface area contributed by atoms with Crippen molar-refractivity contribution in [2.45, 2.75) is 13.3 Å². The van der Waals surface area contributed by atoms with Gasteiger partial charge in [0.05, 0.1) is 11.4 Å². The van der Waals surface area contributed by atoms with Crippen LogP contribution in [0.25, 0.3) is 10.4 Å². The molecule has 1 aromatic heterocycles. The molecule has 1 aliphatic heterocycles. The number of nitrogens with zero attached hydrogens (tertiary/aromatic N) is 2. The molecule has 1 amide bonds. The third kappa shape index (κ3) is 3.16. The Kier molecular flexibility index (Phi) is 3.79. The van der Waals surface area contributed by atoms with Gasteiger partial charge in [-0.15, -0.1) is 0 Å². The minimum absolute atomic E-state index is 0.0593. The lowest BCUT2D eigenvalue weighted by molar-refractivity contribution is -0.119. The van der Waals surface area contributed by atoms with Gasteiger partial charge in [-0.1, -0.05) is 17.4 Å². The lowest BCUT2D eigenvalue weighted by Gasteiger charge is -2.17. The van der Waals surface area contributed by atoms with E-state index in [0.29, 0.717) is 6.54 Å². The maximum atomic E-state index is 11.6. The van der Waals surface area contributed by atoms with Crippen LogP contribution in [0.1, 0.15) is 12.0 Å². The molecule has 0 radical (unpaired) electrons. The zero-order valence-corrected chi connectivity index (χ0v) is 12.7. The molecule has 1 saturated heterocycles. The van der Waals surface area contributed by atoms with Crippen LogP contribution in [0.2, 0.25) is 0 Å². The van der Waals surface area contributed by atoms with Crippen molar-refractivity contribution in [2.24, 2.45) is 0 Å². The summed E-state index contributed by atoms with van der Waals surface area (Å²) >= 11 is 1.60. The largest absolute Gasteiger partial charge is 0.399 e. The first-order valence-electron chi connectivity index (χ1n) is 6.97. The molecule has 0 spiro atoms. The Morgan fingerprint density at radius 3 is 3.05 bits per heavy atom. The van der Waals surface area contributed by atoms with Gasteiger partial charge in [0.15, 0.2) is 5.13 Å². The summed E-state index contributed by atoms with van der Waals surface area (Å²) in [5, 5.41) is 3.77. The number of carbonyl (C=O) groups excluding carboxylic acids is 1. The molecule has 2 aromatic rings. The number of benzene rings is 1. The molecule has 1 aromatic carbocycles. The molecule has 1 aliphatic rings. The number of rotatable bonds is 2. The minimum Gasteiger partial charge on any atom is -0.399 e. The highest BCUT2D eigenvalue weighted by Gasteiger charge is 2.18. The van der Waals surface area contributed by atoms with Gasteiger partial charge in [-0.2, -0.15) is 0 Å². The molecule has 6 heteroatoms. The fourth-order valence-electron chi connectivity index (χ4n) is 2.47. The van der Waals surface area contributed by atoms with Crippen LogP contribution in [0, 0.1) is 6.92 Å². The Labute approximate surface area is 127 Å². The summed E-state index contributed by atoms with van der Waals surface area (Å²) in [6.07, 6.45) is 2.80.